The quantitative estimate of drug-likeness (QED) is 0.155. The number of anilines is 3. The van der Waals surface area contributed by atoms with Crippen molar-refractivity contribution >= 4 is 82.3 Å². The van der Waals surface area contributed by atoms with Crippen molar-refractivity contribution in [2.45, 2.75) is 26.2 Å². The Morgan fingerprint density at radius 3 is 1.93 bits per heavy atom. The summed E-state index contributed by atoms with van der Waals surface area (Å²) < 4.78 is 2.71. The van der Waals surface area contributed by atoms with Crippen LogP contribution in [0.25, 0.3) is 76.1 Å². The van der Waals surface area contributed by atoms with Gasteiger partial charge in [-0.2, -0.15) is 0 Å². The maximum Gasteiger partial charge on any atom is 0.0468 e. The van der Waals surface area contributed by atoms with Crippen molar-refractivity contribution in [2.75, 3.05) is 4.90 Å². The summed E-state index contributed by atoms with van der Waals surface area (Å²) in [6.45, 7) is 11.1. The van der Waals surface area contributed by atoms with Crippen LogP contribution < -0.4 is 4.90 Å². The minimum Gasteiger partial charge on any atom is -0.310 e. The molecule has 1 aliphatic rings. The van der Waals surface area contributed by atoms with Gasteiger partial charge in [-0.1, -0.05) is 148 Å². The first-order chi connectivity index (χ1) is 26.5. The molecule has 8 aromatic carbocycles. The zero-order chi connectivity index (χ0) is 36.6. The van der Waals surface area contributed by atoms with Gasteiger partial charge in [0.05, 0.1) is 0 Å². The van der Waals surface area contributed by atoms with Crippen LogP contribution in [-0.2, 0) is 5.41 Å². The summed E-state index contributed by atoms with van der Waals surface area (Å²) in [4.78, 5) is 2.44. The van der Waals surface area contributed by atoms with Crippen LogP contribution >= 0.6 is 11.3 Å². The summed E-state index contributed by atoms with van der Waals surface area (Å²) in [6.07, 6.45) is 6.35. The molecule has 0 N–H and O–H groups in total. The van der Waals surface area contributed by atoms with Crippen LogP contribution in [-0.4, -0.2) is 0 Å². The molecular weight excluding hydrogens is 671 g/mol. The van der Waals surface area contributed by atoms with E-state index in [0.29, 0.717) is 0 Å². The first kappa shape index (κ1) is 32.4. The molecule has 0 spiro atoms. The second-order valence-corrected chi connectivity index (χ2v) is 15.9. The lowest BCUT2D eigenvalue weighted by Crippen LogP contribution is -2.15. The van der Waals surface area contributed by atoms with Crippen molar-refractivity contribution in [3.8, 4) is 22.3 Å². The van der Waals surface area contributed by atoms with Crippen molar-refractivity contribution in [1.82, 2.24) is 0 Å². The lowest BCUT2D eigenvalue weighted by Gasteiger charge is -2.28. The van der Waals surface area contributed by atoms with Crippen LogP contribution in [0.4, 0.5) is 17.1 Å². The molecule has 0 saturated carbocycles. The highest BCUT2D eigenvalue weighted by Crippen LogP contribution is 2.55. The van der Waals surface area contributed by atoms with Gasteiger partial charge in [-0.15, -0.1) is 11.3 Å². The van der Waals surface area contributed by atoms with E-state index in [2.05, 4.69) is 196 Å². The molecular formula is C52H39NS. The summed E-state index contributed by atoms with van der Waals surface area (Å²) >= 11 is 1.92. The molecule has 54 heavy (non-hydrogen) atoms. The van der Waals surface area contributed by atoms with Gasteiger partial charge < -0.3 is 4.90 Å². The second-order valence-electron chi connectivity index (χ2n) is 14.9. The van der Waals surface area contributed by atoms with E-state index in [1.165, 1.54) is 86.2 Å². The van der Waals surface area contributed by atoms with Crippen LogP contribution in [0.1, 0.15) is 43.0 Å². The fourth-order valence-corrected chi connectivity index (χ4v) is 10.2. The molecule has 0 saturated heterocycles. The molecule has 1 aromatic heterocycles. The van der Waals surface area contributed by atoms with E-state index in [1.807, 2.05) is 17.4 Å². The normalized spacial score (nSPS) is 13.2. The van der Waals surface area contributed by atoms with Gasteiger partial charge in [0.2, 0.25) is 0 Å². The number of allylic oxidation sites excluding steroid dienone is 1. The van der Waals surface area contributed by atoms with Crippen LogP contribution in [0.2, 0.25) is 0 Å². The van der Waals surface area contributed by atoms with Gasteiger partial charge in [0, 0.05) is 48.2 Å². The third-order valence-corrected chi connectivity index (χ3v) is 12.7. The summed E-state index contributed by atoms with van der Waals surface area (Å²) in [5.74, 6) is 0. The summed E-state index contributed by atoms with van der Waals surface area (Å²) in [5.41, 5.74) is 13.6. The Morgan fingerprint density at radius 2 is 1.15 bits per heavy atom. The van der Waals surface area contributed by atoms with Gasteiger partial charge in [0.15, 0.2) is 0 Å². The van der Waals surface area contributed by atoms with Crippen molar-refractivity contribution in [3.05, 3.63) is 187 Å². The van der Waals surface area contributed by atoms with E-state index in [1.54, 1.807) is 0 Å². The highest BCUT2D eigenvalue weighted by Gasteiger charge is 2.37. The maximum absolute atomic E-state index is 4.23. The summed E-state index contributed by atoms with van der Waals surface area (Å²) in [5, 5.41) is 7.58. The Labute approximate surface area is 320 Å². The van der Waals surface area contributed by atoms with Crippen LogP contribution in [0, 0.1) is 0 Å². The predicted molar refractivity (Wildman–Crippen MR) is 237 cm³/mol. The zero-order valence-corrected chi connectivity index (χ0v) is 31.5. The number of fused-ring (bicyclic) bond motifs is 10. The summed E-state index contributed by atoms with van der Waals surface area (Å²) in [6, 6.07) is 56.1. The molecule has 0 fully saturated rings. The molecule has 10 rings (SSSR count). The topological polar surface area (TPSA) is 3.24 Å². The SMILES string of the molecule is C=Cc1c(/C=C\C)c2ccc(N(c3ccc(-c4ccccc4)cc3)c3ccc4c(c3)-c3c(ccc5c3sc3ccccc35)C4(C)C)cc2c2ccccc12. The number of nitrogens with zero attached hydrogens (tertiary/aromatic N) is 1. The maximum atomic E-state index is 4.23. The van der Waals surface area contributed by atoms with Gasteiger partial charge in [0.25, 0.3) is 0 Å². The predicted octanol–water partition coefficient (Wildman–Crippen LogP) is 15.5. The zero-order valence-electron chi connectivity index (χ0n) is 30.7. The Balaban J connectivity index is 1.22. The van der Waals surface area contributed by atoms with Crippen molar-refractivity contribution < 1.29 is 0 Å². The van der Waals surface area contributed by atoms with E-state index in [0.717, 1.165) is 17.1 Å². The average molecular weight is 710 g/mol. The number of thiophene rings is 1. The molecule has 1 aliphatic carbocycles. The minimum atomic E-state index is -0.107. The largest absolute Gasteiger partial charge is 0.310 e. The van der Waals surface area contributed by atoms with Crippen LogP contribution in [0.3, 0.4) is 0 Å². The molecule has 1 heterocycles. The fraction of sp³-hybridized carbons (Fsp3) is 0.0769. The molecule has 0 radical (unpaired) electrons. The molecule has 0 unspecified atom stereocenters. The van der Waals surface area contributed by atoms with Crippen LogP contribution in [0.5, 0.6) is 0 Å². The minimum absolute atomic E-state index is 0.107. The van der Waals surface area contributed by atoms with E-state index in [-0.39, 0.29) is 5.41 Å². The third kappa shape index (κ3) is 4.84. The number of benzene rings is 8. The van der Waals surface area contributed by atoms with Gasteiger partial charge in [-0.25, -0.2) is 0 Å². The molecule has 0 aliphatic heterocycles. The van der Waals surface area contributed by atoms with E-state index in [9.17, 15) is 0 Å². The lowest BCUT2D eigenvalue weighted by molar-refractivity contribution is 0.661. The third-order valence-electron chi connectivity index (χ3n) is 11.5. The van der Waals surface area contributed by atoms with Gasteiger partial charge in [0.1, 0.15) is 0 Å². The van der Waals surface area contributed by atoms with E-state index < -0.39 is 0 Å². The highest BCUT2D eigenvalue weighted by atomic mass is 32.1. The molecule has 1 nitrogen and oxygen atoms in total. The molecule has 0 atom stereocenters. The fourth-order valence-electron chi connectivity index (χ4n) is 8.96. The van der Waals surface area contributed by atoms with Crippen molar-refractivity contribution in [2.24, 2.45) is 0 Å². The summed E-state index contributed by atoms with van der Waals surface area (Å²) in [7, 11) is 0. The van der Waals surface area contributed by atoms with Gasteiger partial charge >= 0.3 is 0 Å². The molecule has 0 amide bonds. The van der Waals surface area contributed by atoms with Crippen molar-refractivity contribution in [1.29, 1.82) is 0 Å². The Morgan fingerprint density at radius 1 is 0.537 bits per heavy atom. The average Bonchev–Trinajstić information content (AvgIpc) is 3.70. The molecule has 0 bridgehead atoms. The molecule has 9 aromatic rings. The monoisotopic (exact) mass is 709 g/mol. The Bertz CT molecular complexity index is 2980. The standard InChI is InChI=1S/C52H39NS/c1-5-14-39-38(6-2)40-17-10-11-18-41(40)45-31-36(25-27-42(39)45)53(35-23-21-34(22-24-35)33-15-8-7-9-16-33)37-26-29-47-46(32-37)50-48(52(47,3)4)30-28-44-43-19-12-13-20-49(43)54-51(44)50/h5-32H,2H2,1,3-4H3/b14-5-. The van der Waals surface area contributed by atoms with Crippen LogP contribution in [0.15, 0.2) is 164 Å². The number of rotatable bonds is 6. The van der Waals surface area contributed by atoms with Gasteiger partial charge in [-0.3, -0.25) is 0 Å². The molecule has 2 heteroatoms. The first-order valence-corrected chi connectivity index (χ1v) is 19.6. The highest BCUT2D eigenvalue weighted by molar-refractivity contribution is 7.26. The van der Waals surface area contributed by atoms with E-state index in [4.69, 9.17) is 0 Å². The van der Waals surface area contributed by atoms with Crippen molar-refractivity contribution in [3.63, 3.8) is 0 Å². The molecule has 258 valence electrons. The first-order valence-electron chi connectivity index (χ1n) is 18.7. The Hall–Kier alpha value is -6.22. The second kappa shape index (κ2) is 12.4. The lowest BCUT2D eigenvalue weighted by atomic mass is 9.82. The number of hydrogen-bond donors (Lipinski definition) is 0. The number of hydrogen-bond acceptors (Lipinski definition) is 2. The van der Waals surface area contributed by atoms with Gasteiger partial charge in [-0.05, 0) is 110 Å². The smallest absolute Gasteiger partial charge is 0.0468 e. The van der Waals surface area contributed by atoms with E-state index >= 15 is 0 Å². The Kier molecular flexibility index (Phi) is 7.47.